The van der Waals surface area contributed by atoms with Gasteiger partial charge in [0.1, 0.15) is 5.82 Å². The van der Waals surface area contributed by atoms with Crippen molar-refractivity contribution in [2.45, 2.75) is 12.5 Å². The fourth-order valence-corrected chi connectivity index (χ4v) is 2.38. The first-order valence-corrected chi connectivity index (χ1v) is 7.45. The van der Waals surface area contributed by atoms with Crippen LogP contribution in [0.3, 0.4) is 0 Å². The molecule has 0 aromatic heterocycles. The van der Waals surface area contributed by atoms with Gasteiger partial charge in [-0.15, -0.1) is 0 Å². The average Bonchev–Trinajstić information content (AvgIpc) is 2.60. The summed E-state index contributed by atoms with van der Waals surface area (Å²) >= 11 is 0. The number of carboxylic acid groups (broad SMARTS) is 1. The number of nitrogens with one attached hydrogen (secondary N) is 1. The molecule has 0 bridgehead atoms. The number of carboxylic acids is 1. The lowest BCUT2D eigenvalue weighted by molar-refractivity contribution is -0.137. The summed E-state index contributed by atoms with van der Waals surface area (Å²) in [5, 5.41) is 11.7. The molecule has 0 radical (unpaired) electrons. The highest BCUT2D eigenvalue weighted by atomic mass is 19.1. The Hall–Kier alpha value is -3.09. The number of aliphatic carboxylic acids is 1. The number of rotatable bonds is 7. The predicted octanol–water partition coefficient (Wildman–Crippen LogP) is 2.79. The van der Waals surface area contributed by atoms with Crippen LogP contribution in [0.5, 0.6) is 11.5 Å². The van der Waals surface area contributed by atoms with Gasteiger partial charge in [-0.05, 0) is 29.8 Å². The maximum absolute atomic E-state index is 13.8. The first-order valence-electron chi connectivity index (χ1n) is 7.45. The Balaban J connectivity index is 2.32. The van der Waals surface area contributed by atoms with E-state index in [0.717, 1.165) is 6.07 Å². The fraction of sp³-hybridized carbons (Fsp3) is 0.222. The summed E-state index contributed by atoms with van der Waals surface area (Å²) in [5.41, 5.74) is 0.350. The zero-order valence-corrected chi connectivity index (χ0v) is 13.8. The fourth-order valence-electron chi connectivity index (χ4n) is 2.38. The van der Waals surface area contributed by atoms with Crippen molar-refractivity contribution < 1.29 is 28.6 Å². The molecule has 0 aliphatic heterocycles. The molecule has 1 atom stereocenters. The normalized spacial score (nSPS) is 11.5. The molecule has 0 spiro atoms. The minimum absolute atomic E-state index is 0.154. The number of methoxy groups -OCH3 is 2. The molecule has 1 unspecified atom stereocenters. The zero-order chi connectivity index (χ0) is 18.4. The van der Waals surface area contributed by atoms with Crippen molar-refractivity contribution in [3.8, 4) is 11.5 Å². The Bertz CT molecular complexity index is 778. The predicted molar refractivity (Wildman–Crippen MR) is 88.4 cm³/mol. The van der Waals surface area contributed by atoms with Gasteiger partial charge in [0.05, 0.1) is 32.2 Å². The second-order valence-corrected chi connectivity index (χ2v) is 5.22. The van der Waals surface area contributed by atoms with Gasteiger partial charge < -0.3 is 19.9 Å². The highest BCUT2D eigenvalue weighted by Gasteiger charge is 2.21. The van der Waals surface area contributed by atoms with Gasteiger partial charge >= 0.3 is 5.97 Å². The van der Waals surface area contributed by atoms with Crippen molar-refractivity contribution in [2.24, 2.45) is 0 Å². The summed E-state index contributed by atoms with van der Waals surface area (Å²) in [6.45, 7) is 0. The molecule has 2 aromatic rings. The van der Waals surface area contributed by atoms with E-state index in [1.165, 1.54) is 32.4 Å². The molecule has 0 heterocycles. The van der Waals surface area contributed by atoms with E-state index < -0.39 is 23.7 Å². The van der Waals surface area contributed by atoms with Crippen LogP contribution < -0.4 is 14.8 Å². The van der Waals surface area contributed by atoms with Gasteiger partial charge in [0.2, 0.25) is 0 Å². The van der Waals surface area contributed by atoms with E-state index in [0.29, 0.717) is 17.1 Å². The van der Waals surface area contributed by atoms with Crippen molar-refractivity contribution in [1.29, 1.82) is 0 Å². The van der Waals surface area contributed by atoms with Crippen LogP contribution in [0.15, 0.2) is 42.5 Å². The molecule has 2 aromatic carbocycles. The number of ether oxygens (including phenoxy) is 2. The molecule has 0 fully saturated rings. The lowest BCUT2D eigenvalue weighted by atomic mass is 10.0. The molecule has 0 saturated carbocycles. The van der Waals surface area contributed by atoms with E-state index in [-0.39, 0.29) is 12.0 Å². The standard InChI is InChI=1S/C18H18FNO5/c1-24-15-8-7-11(9-16(15)25-2)14(10-17(21)22)20-18(23)12-5-3-4-6-13(12)19/h3-9,14H,10H2,1-2H3,(H,20,23)(H,21,22). The summed E-state index contributed by atoms with van der Waals surface area (Å²) in [7, 11) is 2.93. The summed E-state index contributed by atoms with van der Waals surface area (Å²) in [6.07, 6.45) is -0.365. The lowest BCUT2D eigenvalue weighted by Gasteiger charge is -2.19. The lowest BCUT2D eigenvalue weighted by Crippen LogP contribution is -2.30. The smallest absolute Gasteiger partial charge is 0.305 e. The molecule has 6 nitrogen and oxygen atoms in total. The van der Waals surface area contributed by atoms with Crippen molar-refractivity contribution in [2.75, 3.05) is 14.2 Å². The van der Waals surface area contributed by atoms with Crippen molar-refractivity contribution in [3.63, 3.8) is 0 Å². The van der Waals surface area contributed by atoms with Crippen LogP contribution in [0.4, 0.5) is 4.39 Å². The Kier molecular flexibility index (Phi) is 5.94. The molecule has 0 aliphatic carbocycles. The van der Waals surface area contributed by atoms with Crippen molar-refractivity contribution >= 4 is 11.9 Å². The highest BCUT2D eigenvalue weighted by Crippen LogP contribution is 2.31. The SMILES string of the molecule is COc1ccc(C(CC(=O)O)NC(=O)c2ccccc2F)cc1OC. The maximum Gasteiger partial charge on any atom is 0.305 e. The quantitative estimate of drug-likeness (QED) is 0.804. The number of carbonyl (C=O) groups is 2. The zero-order valence-electron chi connectivity index (χ0n) is 13.8. The van der Waals surface area contributed by atoms with E-state index in [1.54, 1.807) is 18.2 Å². The first-order chi connectivity index (χ1) is 12.0. The Morgan fingerprint density at radius 3 is 2.40 bits per heavy atom. The third kappa shape index (κ3) is 4.47. The van der Waals surface area contributed by atoms with Gasteiger partial charge in [0.25, 0.3) is 5.91 Å². The van der Waals surface area contributed by atoms with Gasteiger partial charge in [0, 0.05) is 0 Å². The number of benzene rings is 2. The molecular formula is C18H18FNO5. The molecule has 2 N–H and O–H groups in total. The first kappa shape index (κ1) is 18.3. The van der Waals surface area contributed by atoms with Crippen molar-refractivity contribution in [1.82, 2.24) is 5.32 Å². The van der Waals surface area contributed by atoms with E-state index in [4.69, 9.17) is 14.6 Å². The van der Waals surface area contributed by atoms with E-state index in [2.05, 4.69) is 5.32 Å². The van der Waals surface area contributed by atoms with E-state index in [9.17, 15) is 14.0 Å². The Morgan fingerprint density at radius 1 is 1.12 bits per heavy atom. The topological polar surface area (TPSA) is 84.9 Å². The molecule has 1 amide bonds. The maximum atomic E-state index is 13.8. The number of hydrogen-bond acceptors (Lipinski definition) is 4. The summed E-state index contributed by atoms with van der Waals surface area (Å²) < 4.78 is 24.1. The van der Waals surface area contributed by atoms with E-state index >= 15 is 0 Å². The number of carbonyl (C=O) groups excluding carboxylic acids is 1. The summed E-state index contributed by atoms with van der Waals surface area (Å²) in [5.74, 6) is -1.61. The summed E-state index contributed by atoms with van der Waals surface area (Å²) in [4.78, 5) is 23.5. The number of amides is 1. The van der Waals surface area contributed by atoms with Gasteiger partial charge in [-0.2, -0.15) is 0 Å². The summed E-state index contributed by atoms with van der Waals surface area (Å²) in [6, 6.07) is 9.44. The number of halogens is 1. The van der Waals surface area contributed by atoms with Crippen LogP contribution >= 0.6 is 0 Å². The second kappa shape index (κ2) is 8.14. The van der Waals surface area contributed by atoms with Crippen LogP contribution in [0.1, 0.15) is 28.4 Å². The minimum Gasteiger partial charge on any atom is -0.493 e. The third-order valence-corrected chi connectivity index (χ3v) is 3.61. The van der Waals surface area contributed by atoms with Crippen LogP contribution in [-0.2, 0) is 4.79 Å². The monoisotopic (exact) mass is 347 g/mol. The molecular weight excluding hydrogens is 329 g/mol. The Labute approximate surface area is 144 Å². The van der Waals surface area contributed by atoms with Gasteiger partial charge in [0.15, 0.2) is 11.5 Å². The van der Waals surface area contributed by atoms with Gasteiger partial charge in [-0.3, -0.25) is 9.59 Å². The van der Waals surface area contributed by atoms with Gasteiger partial charge in [-0.1, -0.05) is 18.2 Å². The molecule has 0 aliphatic rings. The highest BCUT2D eigenvalue weighted by molar-refractivity contribution is 5.95. The average molecular weight is 347 g/mol. The van der Waals surface area contributed by atoms with Crippen LogP contribution in [0, 0.1) is 5.82 Å². The third-order valence-electron chi connectivity index (χ3n) is 3.61. The van der Waals surface area contributed by atoms with Gasteiger partial charge in [-0.25, -0.2) is 4.39 Å². The van der Waals surface area contributed by atoms with E-state index in [1.807, 2.05) is 0 Å². The number of hydrogen-bond donors (Lipinski definition) is 2. The van der Waals surface area contributed by atoms with Crippen LogP contribution in [-0.4, -0.2) is 31.2 Å². The Morgan fingerprint density at radius 2 is 1.80 bits per heavy atom. The minimum atomic E-state index is -1.10. The van der Waals surface area contributed by atoms with Crippen LogP contribution in [0.2, 0.25) is 0 Å². The molecule has 7 heteroatoms. The van der Waals surface area contributed by atoms with Crippen LogP contribution in [0.25, 0.3) is 0 Å². The second-order valence-electron chi connectivity index (χ2n) is 5.22. The largest absolute Gasteiger partial charge is 0.493 e. The molecule has 0 saturated heterocycles. The molecule has 132 valence electrons. The molecule has 25 heavy (non-hydrogen) atoms. The molecule has 2 rings (SSSR count). The van der Waals surface area contributed by atoms with Crippen molar-refractivity contribution in [3.05, 3.63) is 59.4 Å².